The molecule has 152 valence electrons. The first-order valence-corrected chi connectivity index (χ1v) is 11.0. The molecule has 0 bridgehead atoms. The highest BCUT2D eigenvalue weighted by Crippen LogP contribution is 2.30. The van der Waals surface area contributed by atoms with Crippen molar-refractivity contribution in [3.63, 3.8) is 0 Å². The predicted octanol–water partition coefficient (Wildman–Crippen LogP) is 3.81. The molecular weight excluding hydrogens is 388 g/mol. The molecule has 0 aliphatic carbocycles. The van der Waals surface area contributed by atoms with Gasteiger partial charge in [0.15, 0.2) is 0 Å². The Kier molecular flexibility index (Phi) is 7.30. The Labute approximate surface area is 167 Å². The topological polar surface area (TPSA) is 66.9 Å². The minimum absolute atomic E-state index is 0.0559. The van der Waals surface area contributed by atoms with Gasteiger partial charge in [0.2, 0.25) is 0 Å². The summed E-state index contributed by atoms with van der Waals surface area (Å²) in [5.41, 5.74) is 0.322. The minimum Gasteiger partial charge on any atom is -0.335 e. The first-order valence-electron chi connectivity index (χ1n) is 9.23. The van der Waals surface area contributed by atoms with Gasteiger partial charge in [-0.05, 0) is 49.3 Å². The molecule has 1 fully saturated rings. The van der Waals surface area contributed by atoms with Crippen LogP contribution in [0.2, 0.25) is 5.02 Å². The van der Waals surface area contributed by atoms with Gasteiger partial charge < -0.3 is 4.90 Å². The van der Waals surface area contributed by atoms with E-state index in [2.05, 4.69) is 20.8 Å². The Balaban J connectivity index is 2.42. The van der Waals surface area contributed by atoms with Crippen LogP contribution < -0.4 is 0 Å². The largest absolute Gasteiger partial charge is 0.335 e. The lowest BCUT2D eigenvalue weighted by atomic mass is 9.95. The monoisotopic (exact) mass is 416 g/mol. The van der Waals surface area contributed by atoms with E-state index < -0.39 is 10.0 Å². The molecule has 2 unspecified atom stereocenters. The summed E-state index contributed by atoms with van der Waals surface area (Å²) in [7, 11) is -1.40. The Bertz CT molecular complexity index is 782. The zero-order valence-corrected chi connectivity index (χ0v) is 18.2. The number of carbonyl (C=O) groups excluding carboxylic acids is 1. The molecule has 1 heterocycles. The lowest BCUT2D eigenvalue weighted by molar-refractivity contribution is -0.0258. The molecule has 1 amide bonds. The molecule has 27 heavy (non-hydrogen) atoms. The van der Waals surface area contributed by atoms with Crippen molar-refractivity contribution in [1.29, 1.82) is 0 Å². The summed E-state index contributed by atoms with van der Waals surface area (Å²) in [6.45, 7) is 7.11. The summed E-state index contributed by atoms with van der Waals surface area (Å²) in [6.07, 6.45) is 2.99. The second-order valence-electron chi connectivity index (χ2n) is 7.52. The van der Waals surface area contributed by atoms with Gasteiger partial charge in [0, 0.05) is 25.2 Å². The molecule has 0 saturated carbocycles. The molecule has 1 aromatic rings. The Hall–Kier alpha value is -1.15. The number of carbonyl (C=O) groups is 1. The number of rotatable bonds is 5. The van der Waals surface area contributed by atoms with E-state index in [4.69, 9.17) is 16.4 Å². The van der Waals surface area contributed by atoms with Gasteiger partial charge in [-0.2, -0.15) is 0 Å². The van der Waals surface area contributed by atoms with Crippen molar-refractivity contribution in [1.82, 2.24) is 9.37 Å². The zero-order valence-electron chi connectivity index (χ0n) is 16.6. The number of benzene rings is 1. The zero-order chi connectivity index (χ0) is 20.4. The van der Waals surface area contributed by atoms with Crippen molar-refractivity contribution >= 4 is 27.5 Å². The summed E-state index contributed by atoms with van der Waals surface area (Å²) >= 11 is 6.11. The molecule has 1 aliphatic rings. The third-order valence-corrected chi connectivity index (χ3v) is 7.46. The number of sulfonamides is 1. The number of hydrogen-bond donors (Lipinski definition) is 0. The maximum atomic E-state index is 13.2. The van der Waals surface area contributed by atoms with Crippen molar-refractivity contribution < 1.29 is 18.0 Å². The Morgan fingerprint density at radius 2 is 1.96 bits per heavy atom. The van der Waals surface area contributed by atoms with Crippen LogP contribution in [0.3, 0.4) is 0 Å². The van der Waals surface area contributed by atoms with Crippen LogP contribution in [0.1, 0.15) is 50.4 Å². The van der Waals surface area contributed by atoms with Gasteiger partial charge in [0.1, 0.15) is 4.90 Å². The molecule has 1 aliphatic heterocycles. The normalized spacial score (nSPS) is 21.6. The van der Waals surface area contributed by atoms with Crippen LogP contribution in [0.25, 0.3) is 0 Å². The molecule has 1 saturated heterocycles. The first-order chi connectivity index (χ1) is 12.6. The Morgan fingerprint density at radius 1 is 1.30 bits per heavy atom. The number of amides is 1. The van der Waals surface area contributed by atoms with Crippen LogP contribution in [-0.2, 0) is 14.9 Å². The van der Waals surface area contributed by atoms with E-state index in [1.54, 1.807) is 6.07 Å². The van der Waals surface area contributed by atoms with Crippen molar-refractivity contribution in [3.05, 3.63) is 28.8 Å². The average Bonchev–Trinajstić information content (AvgIpc) is 2.82. The third-order valence-electron chi connectivity index (χ3n) is 5.30. The summed E-state index contributed by atoms with van der Waals surface area (Å²) in [4.78, 5) is 19.8. The fourth-order valence-electron chi connectivity index (χ4n) is 3.46. The summed E-state index contributed by atoms with van der Waals surface area (Å²) < 4.78 is 25.9. The smallest absolute Gasteiger partial charge is 0.266 e. The maximum Gasteiger partial charge on any atom is 0.266 e. The minimum atomic E-state index is -3.94. The Morgan fingerprint density at radius 3 is 2.56 bits per heavy atom. The first kappa shape index (κ1) is 22.1. The molecule has 0 N–H and O–H groups in total. The van der Waals surface area contributed by atoms with Crippen LogP contribution in [0.4, 0.5) is 0 Å². The lowest BCUT2D eigenvalue weighted by Crippen LogP contribution is -2.43. The molecule has 1 aromatic carbocycles. The number of halogens is 1. The van der Waals surface area contributed by atoms with Gasteiger partial charge in [-0.3, -0.25) is 9.63 Å². The summed E-state index contributed by atoms with van der Waals surface area (Å²) in [6, 6.07) is 4.53. The van der Waals surface area contributed by atoms with E-state index in [0.717, 1.165) is 23.7 Å². The number of hydrogen-bond acceptors (Lipinski definition) is 4. The van der Waals surface area contributed by atoms with Crippen molar-refractivity contribution in [2.45, 2.75) is 51.0 Å². The van der Waals surface area contributed by atoms with E-state index in [0.29, 0.717) is 23.9 Å². The highest BCUT2D eigenvalue weighted by Gasteiger charge is 2.31. The highest BCUT2D eigenvalue weighted by molar-refractivity contribution is 7.89. The second-order valence-corrected chi connectivity index (χ2v) is 9.84. The van der Waals surface area contributed by atoms with Gasteiger partial charge in [-0.25, -0.2) is 8.42 Å². The van der Waals surface area contributed by atoms with Crippen LogP contribution in [0.15, 0.2) is 23.1 Å². The van der Waals surface area contributed by atoms with Gasteiger partial charge in [-0.15, -0.1) is 0 Å². The van der Waals surface area contributed by atoms with Gasteiger partial charge in [0.05, 0.1) is 12.1 Å². The van der Waals surface area contributed by atoms with E-state index in [1.807, 2.05) is 4.90 Å². The molecule has 2 rings (SSSR count). The van der Waals surface area contributed by atoms with Gasteiger partial charge >= 0.3 is 0 Å². The van der Waals surface area contributed by atoms with Crippen molar-refractivity contribution in [2.75, 3.05) is 20.7 Å². The molecule has 0 aromatic heterocycles. The van der Waals surface area contributed by atoms with Gasteiger partial charge in [-0.1, -0.05) is 36.8 Å². The highest BCUT2D eigenvalue weighted by atomic mass is 35.5. The lowest BCUT2D eigenvalue weighted by Gasteiger charge is -2.33. The van der Waals surface area contributed by atoms with Crippen molar-refractivity contribution in [3.8, 4) is 0 Å². The number of likely N-dealkylation sites (tertiary alicyclic amines) is 1. The SMILES string of the molecule is CON(C)S(=O)(=O)c1cc(C(=O)N2CCC(C)CCC2C(C)C)ccc1Cl. The summed E-state index contributed by atoms with van der Waals surface area (Å²) in [5.74, 6) is 0.742. The fraction of sp³-hybridized carbons (Fsp3) is 0.632. The second kappa shape index (κ2) is 8.90. The molecule has 6 nitrogen and oxygen atoms in total. The van der Waals surface area contributed by atoms with Crippen molar-refractivity contribution in [2.24, 2.45) is 11.8 Å². The molecule has 8 heteroatoms. The predicted molar refractivity (Wildman–Crippen MR) is 106 cm³/mol. The van der Waals surface area contributed by atoms with Gasteiger partial charge in [0.25, 0.3) is 15.9 Å². The average molecular weight is 417 g/mol. The number of hydroxylamine groups is 1. The fourth-order valence-corrected chi connectivity index (χ4v) is 4.94. The van der Waals surface area contributed by atoms with Crippen LogP contribution in [0, 0.1) is 11.8 Å². The van der Waals surface area contributed by atoms with E-state index in [-0.39, 0.29) is 21.9 Å². The number of nitrogens with zero attached hydrogens (tertiary/aromatic N) is 2. The van der Waals surface area contributed by atoms with E-state index in [9.17, 15) is 13.2 Å². The quantitative estimate of drug-likeness (QED) is 0.684. The molecule has 0 spiro atoms. The summed E-state index contributed by atoms with van der Waals surface area (Å²) in [5, 5.41) is 0.0559. The van der Waals surface area contributed by atoms with E-state index in [1.165, 1.54) is 26.3 Å². The van der Waals surface area contributed by atoms with Crippen LogP contribution in [-0.4, -0.2) is 50.4 Å². The standard InChI is InChI=1S/C19H29ClN2O4S/c1-13(2)17-9-6-14(3)10-11-22(17)19(23)15-7-8-16(20)18(12-15)27(24,25)21(4)26-5/h7-8,12-14,17H,6,9-11H2,1-5H3. The van der Waals surface area contributed by atoms with E-state index >= 15 is 0 Å². The molecule has 0 radical (unpaired) electrons. The van der Waals surface area contributed by atoms with Crippen LogP contribution >= 0.6 is 11.6 Å². The third kappa shape index (κ3) is 4.83. The molecular formula is C19H29ClN2O4S. The molecule has 2 atom stereocenters. The maximum absolute atomic E-state index is 13.2. The van der Waals surface area contributed by atoms with Crippen LogP contribution in [0.5, 0.6) is 0 Å².